The molecule has 0 fully saturated rings. The van der Waals surface area contributed by atoms with Crippen LogP contribution in [0, 0.1) is 5.92 Å². The van der Waals surface area contributed by atoms with Gasteiger partial charge in [-0.2, -0.15) is 13.2 Å². The zero-order valence-electron chi connectivity index (χ0n) is 8.24. The fourth-order valence-corrected chi connectivity index (χ4v) is 1.29. The molecule has 0 rings (SSSR count). The molecule has 86 valence electrons. The Morgan fingerprint density at radius 2 is 1.93 bits per heavy atom. The van der Waals surface area contributed by atoms with Gasteiger partial charge in [0.2, 0.25) is 0 Å². The molecule has 0 aliphatic rings. The van der Waals surface area contributed by atoms with E-state index >= 15 is 0 Å². The van der Waals surface area contributed by atoms with Crippen molar-refractivity contribution in [1.29, 1.82) is 0 Å². The molecule has 0 spiro atoms. The van der Waals surface area contributed by atoms with E-state index in [9.17, 15) is 13.2 Å². The molecule has 1 nitrogen and oxygen atoms in total. The van der Waals surface area contributed by atoms with E-state index in [0.29, 0.717) is 12.3 Å². The Balaban J connectivity index is 3.14. The summed E-state index contributed by atoms with van der Waals surface area (Å²) in [6.45, 7) is 1.18. The maximum absolute atomic E-state index is 11.6. The first kappa shape index (κ1) is 14.2. The molecular weight excluding hydrogens is 261 g/mol. The van der Waals surface area contributed by atoms with Gasteiger partial charge in [-0.25, -0.2) is 0 Å². The first-order valence-electron chi connectivity index (χ1n) is 4.66. The molecule has 14 heavy (non-hydrogen) atoms. The number of unbranched alkanes of at least 4 members (excludes halogenated alkanes) is 1. The van der Waals surface area contributed by atoms with Crippen LogP contribution in [0.15, 0.2) is 0 Å². The molecule has 1 unspecified atom stereocenters. The molecule has 0 aromatic carbocycles. The summed E-state index contributed by atoms with van der Waals surface area (Å²) in [5.74, 6) is 0.581. The monoisotopic (exact) mass is 276 g/mol. The lowest BCUT2D eigenvalue weighted by atomic mass is 10.1. The van der Waals surface area contributed by atoms with Crippen molar-refractivity contribution in [1.82, 2.24) is 0 Å². The molecule has 0 radical (unpaired) electrons. The van der Waals surface area contributed by atoms with Gasteiger partial charge in [0.15, 0.2) is 0 Å². The van der Waals surface area contributed by atoms with Gasteiger partial charge in [0.1, 0.15) is 6.61 Å². The average molecular weight is 277 g/mol. The zero-order valence-corrected chi connectivity index (χ0v) is 9.83. The molecule has 0 amide bonds. The van der Waals surface area contributed by atoms with E-state index < -0.39 is 12.8 Å². The summed E-state index contributed by atoms with van der Waals surface area (Å²) < 4.78 is 39.3. The first-order valence-corrected chi connectivity index (χ1v) is 5.78. The number of halogens is 4. The number of ether oxygens (including phenoxy) is 1. The van der Waals surface area contributed by atoms with Gasteiger partial charge in [-0.1, -0.05) is 29.3 Å². The van der Waals surface area contributed by atoms with E-state index in [0.717, 1.165) is 18.2 Å². The minimum Gasteiger partial charge on any atom is -0.372 e. The van der Waals surface area contributed by atoms with E-state index in [4.69, 9.17) is 0 Å². The maximum atomic E-state index is 11.6. The molecule has 0 aliphatic heterocycles. The second-order valence-corrected chi connectivity index (χ2v) is 4.07. The van der Waals surface area contributed by atoms with Gasteiger partial charge in [0, 0.05) is 11.9 Å². The van der Waals surface area contributed by atoms with Gasteiger partial charge >= 0.3 is 6.18 Å². The maximum Gasteiger partial charge on any atom is 0.411 e. The van der Waals surface area contributed by atoms with Gasteiger partial charge < -0.3 is 4.74 Å². The fraction of sp³-hybridized carbons (Fsp3) is 1.00. The van der Waals surface area contributed by atoms with Crippen LogP contribution in [0.1, 0.15) is 26.2 Å². The van der Waals surface area contributed by atoms with Gasteiger partial charge in [-0.3, -0.25) is 0 Å². The van der Waals surface area contributed by atoms with Crippen LogP contribution in [0.2, 0.25) is 0 Å². The lowest BCUT2D eigenvalue weighted by molar-refractivity contribution is -0.174. The van der Waals surface area contributed by atoms with Gasteiger partial charge in [-0.05, 0) is 18.8 Å². The quantitative estimate of drug-likeness (QED) is 0.508. The molecule has 5 heteroatoms. The Morgan fingerprint density at radius 3 is 2.43 bits per heavy atom. The van der Waals surface area contributed by atoms with Crippen LogP contribution in [0.4, 0.5) is 13.2 Å². The SMILES string of the molecule is CC(CBr)CCCCOCC(F)(F)F. The van der Waals surface area contributed by atoms with E-state index in [1.54, 1.807) is 0 Å². The summed E-state index contributed by atoms with van der Waals surface area (Å²) in [7, 11) is 0. The molecule has 0 heterocycles. The summed E-state index contributed by atoms with van der Waals surface area (Å²) >= 11 is 3.34. The largest absolute Gasteiger partial charge is 0.411 e. The third kappa shape index (κ3) is 10.3. The van der Waals surface area contributed by atoms with Crippen LogP contribution >= 0.6 is 15.9 Å². The zero-order chi connectivity index (χ0) is 11.0. The van der Waals surface area contributed by atoms with Crippen LogP contribution in [0.5, 0.6) is 0 Å². The predicted molar refractivity (Wildman–Crippen MR) is 53.7 cm³/mol. The summed E-state index contributed by atoms with van der Waals surface area (Å²) in [4.78, 5) is 0. The second-order valence-electron chi connectivity index (χ2n) is 3.42. The number of hydrogen-bond acceptors (Lipinski definition) is 1. The molecule has 0 aliphatic carbocycles. The molecule has 0 N–H and O–H groups in total. The Morgan fingerprint density at radius 1 is 1.29 bits per heavy atom. The molecule has 0 bridgehead atoms. The van der Waals surface area contributed by atoms with Gasteiger partial charge in [0.05, 0.1) is 0 Å². The highest BCUT2D eigenvalue weighted by atomic mass is 79.9. The van der Waals surface area contributed by atoms with Crippen LogP contribution in [-0.4, -0.2) is 24.7 Å². The summed E-state index contributed by atoms with van der Waals surface area (Å²) in [5, 5.41) is 0.941. The van der Waals surface area contributed by atoms with Crippen molar-refractivity contribution in [3.05, 3.63) is 0 Å². The minimum absolute atomic E-state index is 0.203. The Bertz CT molecular complexity index is 139. The first-order chi connectivity index (χ1) is 6.45. The molecular formula is C9H16BrF3O. The number of hydrogen-bond donors (Lipinski definition) is 0. The van der Waals surface area contributed by atoms with Gasteiger partial charge in [0.25, 0.3) is 0 Å². The highest BCUT2D eigenvalue weighted by molar-refractivity contribution is 9.09. The predicted octanol–water partition coefficient (Wildman–Crippen LogP) is 3.77. The van der Waals surface area contributed by atoms with Crippen molar-refractivity contribution in [2.24, 2.45) is 5.92 Å². The molecule has 0 saturated carbocycles. The lowest BCUT2D eigenvalue weighted by Crippen LogP contribution is -2.17. The van der Waals surface area contributed by atoms with Crippen molar-refractivity contribution in [3.8, 4) is 0 Å². The van der Waals surface area contributed by atoms with Crippen molar-refractivity contribution in [2.45, 2.75) is 32.4 Å². The normalized spacial score (nSPS) is 14.4. The fourth-order valence-electron chi connectivity index (χ4n) is 0.962. The second kappa shape index (κ2) is 7.51. The van der Waals surface area contributed by atoms with Crippen LogP contribution in [0.25, 0.3) is 0 Å². The smallest absolute Gasteiger partial charge is 0.372 e. The highest BCUT2D eigenvalue weighted by Crippen LogP contribution is 2.15. The number of rotatable bonds is 7. The third-order valence-electron chi connectivity index (χ3n) is 1.76. The average Bonchev–Trinajstić information content (AvgIpc) is 2.08. The Kier molecular flexibility index (Phi) is 7.64. The lowest BCUT2D eigenvalue weighted by Gasteiger charge is -2.08. The summed E-state index contributed by atoms with van der Waals surface area (Å²) in [6, 6.07) is 0. The van der Waals surface area contributed by atoms with Crippen molar-refractivity contribution in [2.75, 3.05) is 18.5 Å². The molecule has 0 aromatic rings. The van der Waals surface area contributed by atoms with Crippen LogP contribution in [0.3, 0.4) is 0 Å². The molecule has 1 atom stereocenters. The van der Waals surface area contributed by atoms with Crippen LogP contribution in [-0.2, 0) is 4.74 Å². The van der Waals surface area contributed by atoms with Crippen molar-refractivity contribution >= 4 is 15.9 Å². The molecule has 0 saturated heterocycles. The summed E-state index contributed by atoms with van der Waals surface area (Å²) in [6.07, 6.45) is -1.54. The van der Waals surface area contributed by atoms with Gasteiger partial charge in [-0.15, -0.1) is 0 Å². The van der Waals surface area contributed by atoms with E-state index in [1.165, 1.54) is 0 Å². The number of alkyl halides is 4. The molecule has 0 aromatic heterocycles. The van der Waals surface area contributed by atoms with Crippen LogP contribution < -0.4 is 0 Å². The Labute approximate surface area is 91.1 Å². The van der Waals surface area contributed by atoms with Crippen molar-refractivity contribution in [3.63, 3.8) is 0 Å². The van der Waals surface area contributed by atoms with E-state index in [1.807, 2.05) is 0 Å². The topological polar surface area (TPSA) is 9.23 Å². The Hall–Kier alpha value is 0.230. The van der Waals surface area contributed by atoms with E-state index in [2.05, 4.69) is 27.6 Å². The highest BCUT2D eigenvalue weighted by Gasteiger charge is 2.27. The third-order valence-corrected chi connectivity index (χ3v) is 2.87. The standard InChI is InChI=1S/C9H16BrF3O/c1-8(6-10)4-2-3-5-14-7-9(11,12)13/h8H,2-7H2,1H3. The summed E-state index contributed by atoms with van der Waals surface area (Å²) in [5.41, 5.74) is 0. The van der Waals surface area contributed by atoms with E-state index in [-0.39, 0.29) is 6.61 Å². The van der Waals surface area contributed by atoms with Crippen molar-refractivity contribution < 1.29 is 17.9 Å². The minimum atomic E-state index is -4.19.